The Balaban J connectivity index is 0.000000115. The molecule has 9 aromatic rings. The number of para-hydroxylation sites is 7. The zero-order valence-electron chi connectivity index (χ0n) is 83.3. The first-order valence-electron chi connectivity index (χ1n) is 50.7. The SMILES string of the molecule is CN1CCC2(c3cccc4c3NC3N(C)CCC43C34CCN(C)C3Cc3ccccc34)c3ccccc3NC12.COC(=O)N1CCC2(c3cccc4c3N(C(=O)OCC[Si](C)(C)C)C3N(C)CCC43C34CCN(C)C3N(C)c3ccccc34)c3ccccc3N(C)C12.COC(=O)N1CCC2(c3cccc4c3NC3N(C)CCC43C34CCN(C)C3Cc3ccccc34)c3ccccc3NC12.O=C=O.O=C=O. The number of carbonyl (C=O) groups excluding carboxylic acids is 7. The number of anilines is 7. The molecule has 728 valence electrons. The predicted molar refractivity (Wildman–Crippen MR) is 543 cm³/mol. The monoisotopic (exact) mass is 1900 g/mol. The van der Waals surface area contributed by atoms with Crippen LogP contribution in [0.2, 0.25) is 25.7 Å². The summed E-state index contributed by atoms with van der Waals surface area (Å²) in [4.78, 5) is 103. The molecule has 9 aromatic carbocycles. The van der Waals surface area contributed by atoms with Crippen LogP contribution in [0.5, 0.6) is 0 Å². The minimum absolute atomic E-state index is 0.0425. The summed E-state index contributed by atoms with van der Waals surface area (Å²) in [6.45, 7) is 16.0. The Kier molecular flexibility index (Phi) is 21.8. The zero-order chi connectivity index (χ0) is 97.2. The molecule has 0 spiro atoms. The van der Waals surface area contributed by atoms with Crippen molar-refractivity contribution in [1.29, 1.82) is 0 Å². The fraction of sp³-hybridized carbons (Fsp3) is 0.478. The van der Waals surface area contributed by atoms with Crippen molar-refractivity contribution in [2.75, 3.05) is 179 Å². The van der Waals surface area contributed by atoms with Gasteiger partial charge < -0.3 is 55.1 Å². The third-order valence-corrected chi connectivity index (χ3v) is 40.4. The van der Waals surface area contributed by atoms with Crippen molar-refractivity contribution in [2.24, 2.45) is 0 Å². The number of nitrogens with zero attached hydrogens (tertiary/aromatic N) is 12. The lowest BCUT2D eigenvalue weighted by molar-refractivity contribution is -0.193. The molecule has 0 saturated carbocycles. The summed E-state index contributed by atoms with van der Waals surface area (Å²) in [7, 11) is 21.9. The van der Waals surface area contributed by atoms with E-state index in [0.717, 1.165) is 106 Å². The van der Waals surface area contributed by atoms with Gasteiger partial charge in [0.15, 0.2) is 0 Å². The lowest BCUT2D eigenvalue weighted by Crippen LogP contribution is -2.63. The first-order valence-corrected chi connectivity index (χ1v) is 54.4. The Labute approximate surface area is 823 Å². The molecule has 9 fully saturated rings. The molecule has 16 aliphatic heterocycles. The summed E-state index contributed by atoms with van der Waals surface area (Å²) in [5, 5.41) is 16.2. The number of nitrogens with one attached hydrogen (secondary N) is 4. The minimum Gasteiger partial charge on any atom is -0.453 e. The summed E-state index contributed by atoms with van der Waals surface area (Å²) in [6.07, 6.45) is 11.4. The molecule has 16 heterocycles. The molecular formula is C113H132N16O10Si. The third-order valence-electron chi connectivity index (χ3n) is 38.7. The number of amides is 3. The van der Waals surface area contributed by atoms with Gasteiger partial charge in [-0.3, -0.25) is 39.2 Å². The van der Waals surface area contributed by atoms with E-state index in [4.69, 9.17) is 33.4 Å². The van der Waals surface area contributed by atoms with Crippen LogP contribution in [-0.4, -0.2) is 281 Å². The van der Waals surface area contributed by atoms with Gasteiger partial charge in [-0.15, -0.1) is 0 Å². The van der Waals surface area contributed by atoms with E-state index >= 15 is 4.79 Å². The molecule has 27 rings (SSSR count). The van der Waals surface area contributed by atoms with Gasteiger partial charge in [-0.25, -0.2) is 14.4 Å². The lowest BCUT2D eigenvalue weighted by atomic mass is 9.54. The number of rotatable bonds is 9. The van der Waals surface area contributed by atoms with Crippen LogP contribution >= 0.6 is 0 Å². The summed E-state index contributed by atoms with van der Waals surface area (Å²) in [5.41, 5.74) is 26.7. The zero-order valence-corrected chi connectivity index (χ0v) is 84.3. The summed E-state index contributed by atoms with van der Waals surface area (Å²) in [6, 6.07) is 77.1. The molecule has 2 aliphatic carbocycles. The maximum absolute atomic E-state index is 15.2. The molecule has 3 amide bonds. The normalized spacial score (nSPS) is 33.3. The highest BCUT2D eigenvalue weighted by molar-refractivity contribution is 6.76. The van der Waals surface area contributed by atoms with Crippen molar-refractivity contribution in [3.8, 4) is 0 Å². The van der Waals surface area contributed by atoms with Gasteiger partial charge in [-0.05, 0) is 241 Å². The Morgan fingerprint density at radius 1 is 0.336 bits per heavy atom. The number of carbonyl (C=O) groups is 3. The van der Waals surface area contributed by atoms with E-state index in [1.807, 2.05) is 9.80 Å². The van der Waals surface area contributed by atoms with Gasteiger partial charge in [0.1, 0.15) is 18.5 Å². The molecule has 0 bridgehead atoms. The molecule has 18 atom stereocenters. The number of hydrogen-bond acceptors (Lipinski definition) is 23. The van der Waals surface area contributed by atoms with Crippen LogP contribution < -0.4 is 36.0 Å². The third kappa shape index (κ3) is 11.8. The molecule has 18 unspecified atom stereocenters. The molecule has 26 nitrogen and oxygen atoms in total. The van der Waals surface area contributed by atoms with E-state index in [2.05, 4.69) is 354 Å². The Morgan fingerprint density at radius 3 is 1.25 bits per heavy atom. The van der Waals surface area contributed by atoms with E-state index in [9.17, 15) is 9.59 Å². The Morgan fingerprint density at radius 2 is 0.707 bits per heavy atom. The van der Waals surface area contributed by atoms with E-state index < -0.39 is 18.9 Å². The van der Waals surface area contributed by atoms with Gasteiger partial charge >= 0.3 is 30.6 Å². The molecule has 4 N–H and O–H groups in total. The van der Waals surface area contributed by atoms with Crippen molar-refractivity contribution in [2.45, 2.75) is 200 Å². The van der Waals surface area contributed by atoms with Crippen LogP contribution in [-0.2, 0) is 95.0 Å². The van der Waals surface area contributed by atoms with E-state index in [0.29, 0.717) is 44.4 Å². The molecular weight excluding hydrogens is 1770 g/mol. The lowest BCUT2D eigenvalue weighted by Gasteiger charge is -2.50. The summed E-state index contributed by atoms with van der Waals surface area (Å²) in [5.74, 6) is 0. The van der Waals surface area contributed by atoms with Crippen LogP contribution in [0.1, 0.15) is 136 Å². The van der Waals surface area contributed by atoms with Crippen molar-refractivity contribution < 1.29 is 47.8 Å². The maximum atomic E-state index is 15.2. The first-order chi connectivity index (χ1) is 67.7. The Bertz CT molecular complexity index is 6570. The van der Waals surface area contributed by atoms with Gasteiger partial charge in [0.05, 0.1) is 67.4 Å². The average molecular weight is 1900 g/mol. The second-order valence-corrected chi connectivity index (χ2v) is 50.3. The van der Waals surface area contributed by atoms with Crippen molar-refractivity contribution in [3.05, 3.63) is 278 Å². The predicted octanol–water partition coefficient (Wildman–Crippen LogP) is 14.6. The van der Waals surface area contributed by atoms with Gasteiger partial charge in [0.25, 0.3) is 0 Å². The van der Waals surface area contributed by atoms with Crippen LogP contribution in [0.15, 0.2) is 200 Å². The van der Waals surface area contributed by atoms with E-state index in [-0.39, 0.29) is 105 Å². The fourth-order valence-corrected chi connectivity index (χ4v) is 34.4. The highest BCUT2D eigenvalue weighted by Crippen LogP contribution is 2.74. The van der Waals surface area contributed by atoms with Crippen LogP contribution in [0.4, 0.5) is 54.2 Å². The average Bonchev–Trinajstić information content (AvgIpc) is 1.47. The molecule has 0 radical (unpaired) electrons. The Hall–Kier alpha value is -11.7. The van der Waals surface area contributed by atoms with Gasteiger partial charge in [-0.1, -0.05) is 196 Å². The second kappa shape index (κ2) is 33.2. The van der Waals surface area contributed by atoms with Crippen molar-refractivity contribution in [3.63, 3.8) is 0 Å². The van der Waals surface area contributed by atoms with Crippen LogP contribution in [0.25, 0.3) is 0 Å². The van der Waals surface area contributed by atoms with Gasteiger partial charge in [0.2, 0.25) is 0 Å². The highest BCUT2D eigenvalue weighted by atomic mass is 28.3. The van der Waals surface area contributed by atoms with E-state index in [1.165, 1.54) is 119 Å². The maximum Gasteiger partial charge on any atom is 0.415 e. The molecule has 18 aliphatic rings. The van der Waals surface area contributed by atoms with Gasteiger partial charge in [-0.2, -0.15) is 19.2 Å². The number of fused-ring (bicyclic) bond motifs is 30. The highest BCUT2D eigenvalue weighted by Gasteiger charge is 2.78. The van der Waals surface area contributed by atoms with E-state index in [1.54, 1.807) is 22.3 Å². The van der Waals surface area contributed by atoms with Gasteiger partial charge in [0, 0.05) is 147 Å². The first kappa shape index (κ1) is 92.0. The standard InChI is InChI=1S/C42H54N6O4Si.C35H39N5O2.C34H39N5.2CO2/c1-43-23-21-41(29-15-10-12-19-33(29)46(4)36(41)43)42-22-24-44(2)37(42)48(39(50)52-26-27-53(6,7)8)34-30(16-13-17-31(34)42)40-20-25-47(38(49)51-5)35(40)45(3)32-18-11-9-14-28(32)40;1-38-18-16-34(23-10-5-4-9-22(23)21-28(34)38)35-17-19-39(2)31(35)37-29-25(12-8-13-26(29)35)33-15-20-40(32(41)42-3)30(33)36-27-14-7-6-11-24(27)33;1-37-19-16-33(23-10-5-4-9-22(23)21-28(33)37)34-17-20-39(3)31(34)36-29-25(12-8-13-26(29)34)32-15-18-38(2)30(32)35-27-14-7-6-11-24(27)32;2*2-1-3/h9-19,35-37H,20-27H2,1-8H3;4-14,28,30-31,36-37H,15-21H2,1-3H3;4-14,28,30-31,35-36H,15-21H2,1-3H3;;. The van der Waals surface area contributed by atoms with Crippen LogP contribution in [0, 0.1) is 0 Å². The molecule has 9 saturated heterocycles. The molecule has 140 heavy (non-hydrogen) atoms. The number of methoxy groups -OCH3 is 2. The number of benzene rings is 9. The number of ether oxygens (including phenoxy) is 3. The quantitative estimate of drug-likeness (QED) is 0.0777. The largest absolute Gasteiger partial charge is 0.453 e. The smallest absolute Gasteiger partial charge is 0.415 e. The number of hydrogen-bond donors (Lipinski definition) is 4. The summed E-state index contributed by atoms with van der Waals surface area (Å²) >= 11 is 0. The number of likely N-dealkylation sites (N-methyl/N-ethyl adjacent to an activating group) is 9. The fourth-order valence-electron chi connectivity index (χ4n) is 33.7. The molecule has 27 heteroatoms. The molecule has 0 aromatic heterocycles. The second-order valence-electron chi connectivity index (χ2n) is 44.7. The number of likely N-dealkylation sites (tertiary alicyclic amines) is 9. The summed E-state index contributed by atoms with van der Waals surface area (Å²) < 4.78 is 17.1. The van der Waals surface area contributed by atoms with Crippen LogP contribution in [0.3, 0.4) is 0 Å². The minimum atomic E-state index is -1.48. The van der Waals surface area contributed by atoms with Crippen molar-refractivity contribution >= 4 is 78.5 Å². The van der Waals surface area contributed by atoms with Crippen molar-refractivity contribution in [1.82, 2.24) is 44.1 Å². The topological polar surface area (TPSA) is 234 Å².